The lowest BCUT2D eigenvalue weighted by Crippen LogP contribution is -2.13. The predicted octanol–water partition coefficient (Wildman–Crippen LogP) is 5.95. The number of hydrogen-bond acceptors (Lipinski definition) is 3. The van der Waals surface area contributed by atoms with Gasteiger partial charge >= 0.3 is 0 Å². The third kappa shape index (κ3) is 5.25. The summed E-state index contributed by atoms with van der Waals surface area (Å²) in [6.45, 7) is 5.67. The Kier molecular flexibility index (Phi) is 7.17. The van der Waals surface area contributed by atoms with Gasteiger partial charge in [-0.05, 0) is 61.9 Å². The normalized spacial score (nSPS) is 21.5. The van der Waals surface area contributed by atoms with Gasteiger partial charge in [0.05, 0.1) is 18.8 Å². The smallest absolute Gasteiger partial charge is 0.125 e. The first kappa shape index (κ1) is 20.2. The Morgan fingerprint density at radius 3 is 2.67 bits per heavy atom. The fourth-order valence-electron chi connectivity index (χ4n) is 3.57. The molecule has 0 aromatic heterocycles. The first-order valence-corrected chi connectivity index (χ1v) is 10.3. The van der Waals surface area contributed by atoms with Crippen molar-refractivity contribution in [2.75, 3.05) is 13.2 Å². The SMILES string of the molecule is CCc1cc(C2CCCCO2)ccc1Cl.Cc1ccc2c(c1)C(O)CCO2. The second kappa shape index (κ2) is 9.59. The Morgan fingerprint density at radius 2 is 1.93 bits per heavy atom. The van der Waals surface area contributed by atoms with Crippen LogP contribution in [-0.4, -0.2) is 18.3 Å². The molecule has 2 aromatic carbocycles. The molecule has 2 atom stereocenters. The summed E-state index contributed by atoms with van der Waals surface area (Å²) >= 11 is 6.09. The van der Waals surface area contributed by atoms with Crippen molar-refractivity contribution in [3.63, 3.8) is 0 Å². The van der Waals surface area contributed by atoms with E-state index in [9.17, 15) is 5.11 Å². The third-order valence-corrected chi connectivity index (χ3v) is 5.54. The summed E-state index contributed by atoms with van der Waals surface area (Å²) in [6, 6.07) is 12.2. The molecule has 1 saturated heterocycles. The quantitative estimate of drug-likeness (QED) is 0.690. The van der Waals surface area contributed by atoms with Gasteiger partial charge in [0.15, 0.2) is 0 Å². The Balaban J connectivity index is 0.000000159. The molecule has 2 unspecified atom stereocenters. The van der Waals surface area contributed by atoms with Gasteiger partial charge in [-0.1, -0.05) is 42.3 Å². The number of halogens is 1. The monoisotopic (exact) mass is 388 g/mol. The number of fused-ring (bicyclic) bond motifs is 1. The summed E-state index contributed by atoms with van der Waals surface area (Å²) in [6.07, 6.45) is 5.26. The molecule has 1 N–H and O–H groups in total. The highest BCUT2D eigenvalue weighted by atomic mass is 35.5. The molecule has 2 heterocycles. The van der Waals surface area contributed by atoms with Crippen LogP contribution < -0.4 is 4.74 Å². The predicted molar refractivity (Wildman–Crippen MR) is 110 cm³/mol. The fourth-order valence-corrected chi connectivity index (χ4v) is 3.82. The summed E-state index contributed by atoms with van der Waals surface area (Å²) in [4.78, 5) is 0. The highest BCUT2D eigenvalue weighted by Crippen LogP contribution is 2.32. The minimum Gasteiger partial charge on any atom is -0.493 e. The molecule has 2 aromatic rings. The number of ether oxygens (including phenoxy) is 2. The standard InChI is InChI=1S/C13H17ClO.C10H12O2/c1-2-10-9-11(6-7-12(10)14)13-5-3-4-8-15-13;1-7-2-3-10-8(6-7)9(11)4-5-12-10/h6-7,9,13H,2-5,8H2,1H3;2-3,6,9,11H,4-5H2,1H3. The molecule has 0 spiro atoms. The van der Waals surface area contributed by atoms with Crippen LogP contribution >= 0.6 is 11.6 Å². The summed E-state index contributed by atoms with van der Waals surface area (Å²) in [7, 11) is 0. The second-order valence-corrected chi connectivity index (χ2v) is 7.66. The van der Waals surface area contributed by atoms with Crippen molar-refractivity contribution in [2.24, 2.45) is 0 Å². The molecule has 27 heavy (non-hydrogen) atoms. The van der Waals surface area contributed by atoms with Gasteiger partial charge < -0.3 is 14.6 Å². The van der Waals surface area contributed by atoms with Crippen LogP contribution in [0.1, 0.15) is 67.1 Å². The molecule has 4 heteroatoms. The Labute approximate surface area is 167 Å². The van der Waals surface area contributed by atoms with E-state index in [1.165, 1.54) is 29.5 Å². The number of aliphatic hydroxyl groups is 1. The molecule has 2 aliphatic rings. The largest absolute Gasteiger partial charge is 0.493 e. The van der Waals surface area contributed by atoms with E-state index in [1.54, 1.807) is 0 Å². The van der Waals surface area contributed by atoms with Crippen molar-refractivity contribution in [3.8, 4) is 5.75 Å². The first-order chi connectivity index (χ1) is 13.1. The highest BCUT2D eigenvalue weighted by Gasteiger charge is 2.18. The molecule has 3 nitrogen and oxygen atoms in total. The zero-order valence-electron chi connectivity index (χ0n) is 16.2. The zero-order chi connectivity index (χ0) is 19.2. The Bertz CT molecular complexity index is 753. The van der Waals surface area contributed by atoms with Gasteiger partial charge in [-0.2, -0.15) is 0 Å². The molecule has 0 aliphatic carbocycles. The van der Waals surface area contributed by atoms with Crippen LogP contribution in [0.5, 0.6) is 5.75 Å². The van der Waals surface area contributed by atoms with E-state index in [0.717, 1.165) is 35.8 Å². The molecule has 146 valence electrons. The molecule has 0 radical (unpaired) electrons. The zero-order valence-corrected chi connectivity index (χ0v) is 17.0. The van der Waals surface area contributed by atoms with E-state index in [1.807, 2.05) is 31.2 Å². The average Bonchev–Trinajstić information content (AvgIpc) is 2.70. The lowest BCUT2D eigenvalue weighted by atomic mass is 9.99. The number of aliphatic hydroxyl groups excluding tert-OH is 1. The number of aryl methyl sites for hydroxylation is 2. The maximum absolute atomic E-state index is 9.61. The summed E-state index contributed by atoms with van der Waals surface area (Å²) in [5.74, 6) is 0.833. The molecular formula is C23H29ClO3. The maximum Gasteiger partial charge on any atom is 0.125 e. The third-order valence-electron chi connectivity index (χ3n) is 5.18. The minimum absolute atomic E-state index is 0.293. The van der Waals surface area contributed by atoms with Crippen molar-refractivity contribution in [2.45, 2.75) is 58.2 Å². The van der Waals surface area contributed by atoms with Crippen LogP contribution in [-0.2, 0) is 11.2 Å². The van der Waals surface area contributed by atoms with Gasteiger partial charge in [0.1, 0.15) is 5.75 Å². The van der Waals surface area contributed by atoms with Crippen LogP contribution in [0.4, 0.5) is 0 Å². The molecule has 2 aliphatic heterocycles. The lowest BCUT2D eigenvalue weighted by Gasteiger charge is -2.23. The summed E-state index contributed by atoms with van der Waals surface area (Å²) in [5, 5.41) is 10.5. The summed E-state index contributed by atoms with van der Waals surface area (Å²) in [5.41, 5.74) is 4.61. The molecule has 0 amide bonds. The van der Waals surface area contributed by atoms with E-state index in [0.29, 0.717) is 19.1 Å². The van der Waals surface area contributed by atoms with E-state index >= 15 is 0 Å². The van der Waals surface area contributed by atoms with Crippen LogP contribution in [0.25, 0.3) is 0 Å². The minimum atomic E-state index is -0.339. The highest BCUT2D eigenvalue weighted by molar-refractivity contribution is 6.31. The lowest BCUT2D eigenvalue weighted by molar-refractivity contribution is 0.0149. The molecule has 4 rings (SSSR count). The number of rotatable bonds is 2. The topological polar surface area (TPSA) is 38.7 Å². The van der Waals surface area contributed by atoms with Crippen molar-refractivity contribution in [3.05, 3.63) is 63.7 Å². The fraction of sp³-hybridized carbons (Fsp3) is 0.478. The van der Waals surface area contributed by atoms with Crippen molar-refractivity contribution in [1.29, 1.82) is 0 Å². The average molecular weight is 389 g/mol. The van der Waals surface area contributed by atoms with Crippen LogP contribution in [0.2, 0.25) is 5.02 Å². The van der Waals surface area contributed by atoms with Gasteiger partial charge in [0.2, 0.25) is 0 Å². The molecule has 1 fully saturated rings. The van der Waals surface area contributed by atoms with E-state index in [4.69, 9.17) is 21.1 Å². The number of hydrogen-bond donors (Lipinski definition) is 1. The van der Waals surface area contributed by atoms with Gasteiger partial charge in [-0.25, -0.2) is 0 Å². The number of benzene rings is 2. The molecular weight excluding hydrogens is 360 g/mol. The second-order valence-electron chi connectivity index (χ2n) is 7.25. The van der Waals surface area contributed by atoms with Gasteiger partial charge in [-0.3, -0.25) is 0 Å². The van der Waals surface area contributed by atoms with Crippen LogP contribution in [0.3, 0.4) is 0 Å². The van der Waals surface area contributed by atoms with Crippen molar-refractivity contribution < 1.29 is 14.6 Å². The molecule has 0 saturated carbocycles. The Hall–Kier alpha value is -1.55. The van der Waals surface area contributed by atoms with Gasteiger partial charge in [-0.15, -0.1) is 0 Å². The van der Waals surface area contributed by atoms with Gasteiger partial charge in [0, 0.05) is 23.6 Å². The van der Waals surface area contributed by atoms with E-state index in [2.05, 4.69) is 19.1 Å². The van der Waals surface area contributed by atoms with Gasteiger partial charge in [0.25, 0.3) is 0 Å². The van der Waals surface area contributed by atoms with E-state index in [-0.39, 0.29) is 6.10 Å². The van der Waals surface area contributed by atoms with Crippen LogP contribution in [0.15, 0.2) is 36.4 Å². The van der Waals surface area contributed by atoms with Crippen LogP contribution in [0, 0.1) is 6.92 Å². The maximum atomic E-state index is 9.61. The van der Waals surface area contributed by atoms with Crippen molar-refractivity contribution >= 4 is 11.6 Å². The molecule has 0 bridgehead atoms. The first-order valence-electron chi connectivity index (χ1n) is 9.89. The Morgan fingerprint density at radius 1 is 1.07 bits per heavy atom. The van der Waals surface area contributed by atoms with E-state index < -0.39 is 0 Å². The summed E-state index contributed by atoms with van der Waals surface area (Å²) < 4.78 is 11.1. The van der Waals surface area contributed by atoms with Crippen molar-refractivity contribution in [1.82, 2.24) is 0 Å².